The molecule has 0 aliphatic heterocycles. The molecule has 0 fully saturated rings. The Balaban J connectivity index is 4.68. The van der Waals surface area contributed by atoms with Gasteiger partial charge in [0, 0.05) is 21.3 Å². The molecule has 18 heavy (non-hydrogen) atoms. The smallest absolute Gasteiger partial charge is 0.375 e. The van der Waals surface area contributed by atoms with Crippen LogP contribution < -0.4 is 0 Å². The van der Waals surface area contributed by atoms with Crippen molar-refractivity contribution in [3.8, 4) is 0 Å². The average molecular weight is 294 g/mol. The highest BCUT2D eigenvalue weighted by atomic mass is 28.4. The zero-order valence-corrected chi connectivity index (χ0v) is 11.7. The second kappa shape index (κ2) is 7.39. The Morgan fingerprint density at radius 3 is 1.78 bits per heavy atom. The summed E-state index contributed by atoms with van der Waals surface area (Å²) < 4.78 is 69.0. The third kappa shape index (κ3) is 5.18. The topological polar surface area (TPSA) is 36.9 Å². The molecular formula is C9H18F4O4Si. The standard InChI is InChI=1S/C9H18F4O4Si/c1-5-8(18(14-2,15-3)16-4)17-7(10)6-9(11,12)13/h7-8H,5-6H2,1-4H3. The summed E-state index contributed by atoms with van der Waals surface area (Å²) in [5.41, 5.74) is -0.991. The molecular weight excluding hydrogens is 276 g/mol. The molecule has 0 spiro atoms. The van der Waals surface area contributed by atoms with Gasteiger partial charge in [-0.05, 0) is 6.42 Å². The lowest BCUT2D eigenvalue weighted by Crippen LogP contribution is -2.56. The molecule has 0 saturated heterocycles. The summed E-state index contributed by atoms with van der Waals surface area (Å²) in [4.78, 5) is 0. The molecule has 0 rings (SSSR count). The SMILES string of the molecule is CCC(OC(F)CC(F)(F)F)[Si](OC)(OC)OC. The molecule has 0 aromatic carbocycles. The first kappa shape index (κ1) is 17.8. The molecule has 9 heteroatoms. The van der Waals surface area contributed by atoms with Gasteiger partial charge in [0.25, 0.3) is 0 Å². The van der Waals surface area contributed by atoms with Crippen LogP contribution in [0.15, 0.2) is 0 Å². The molecule has 4 nitrogen and oxygen atoms in total. The van der Waals surface area contributed by atoms with Gasteiger partial charge in [-0.2, -0.15) is 13.2 Å². The number of halogens is 4. The molecule has 0 aromatic rings. The van der Waals surface area contributed by atoms with Crippen LogP contribution in [-0.2, 0) is 18.0 Å². The van der Waals surface area contributed by atoms with E-state index < -0.39 is 33.5 Å². The second-order valence-corrected chi connectivity index (χ2v) is 6.55. The van der Waals surface area contributed by atoms with Crippen LogP contribution in [0.5, 0.6) is 0 Å². The summed E-state index contributed by atoms with van der Waals surface area (Å²) in [6.45, 7) is 1.61. The second-order valence-electron chi connectivity index (χ2n) is 3.48. The van der Waals surface area contributed by atoms with Crippen molar-refractivity contribution in [2.75, 3.05) is 21.3 Å². The van der Waals surface area contributed by atoms with Crippen LogP contribution in [0.4, 0.5) is 17.6 Å². The summed E-state index contributed by atoms with van der Waals surface area (Å²) in [7, 11) is 0.525. The van der Waals surface area contributed by atoms with Gasteiger partial charge in [0.05, 0.1) is 6.42 Å². The van der Waals surface area contributed by atoms with E-state index in [0.717, 1.165) is 0 Å². The van der Waals surface area contributed by atoms with Crippen molar-refractivity contribution in [1.82, 2.24) is 0 Å². The van der Waals surface area contributed by atoms with Gasteiger partial charge in [-0.15, -0.1) is 0 Å². The minimum Gasteiger partial charge on any atom is -0.375 e. The molecule has 110 valence electrons. The first-order chi connectivity index (χ1) is 8.24. The van der Waals surface area contributed by atoms with E-state index in [9.17, 15) is 17.6 Å². The number of alkyl halides is 4. The fraction of sp³-hybridized carbons (Fsp3) is 1.00. The summed E-state index contributed by atoms with van der Waals surface area (Å²) in [5.74, 6) is 0. The molecule has 0 bridgehead atoms. The zero-order valence-electron chi connectivity index (χ0n) is 10.7. The summed E-state index contributed by atoms with van der Waals surface area (Å²) in [6.07, 6.45) is -8.57. The van der Waals surface area contributed by atoms with Crippen LogP contribution in [0.3, 0.4) is 0 Å². The van der Waals surface area contributed by atoms with Gasteiger partial charge in [-0.1, -0.05) is 6.92 Å². The number of ether oxygens (including phenoxy) is 1. The molecule has 0 aliphatic rings. The van der Waals surface area contributed by atoms with Crippen LogP contribution in [0.2, 0.25) is 0 Å². The van der Waals surface area contributed by atoms with E-state index in [1.54, 1.807) is 6.92 Å². The van der Waals surface area contributed by atoms with Gasteiger partial charge in [0.15, 0.2) is 0 Å². The molecule has 0 amide bonds. The van der Waals surface area contributed by atoms with Crippen molar-refractivity contribution >= 4 is 8.80 Å². The van der Waals surface area contributed by atoms with Crippen LogP contribution in [-0.4, -0.2) is 48.4 Å². The Hall–Kier alpha value is -0.223. The highest BCUT2D eigenvalue weighted by molar-refractivity contribution is 6.62. The lowest BCUT2D eigenvalue weighted by atomic mass is 10.4. The van der Waals surface area contributed by atoms with Crippen molar-refractivity contribution in [2.24, 2.45) is 0 Å². The molecule has 0 N–H and O–H groups in total. The highest BCUT2D eigenvalue weighted by Gasteiger charge is 2.49. The van der Waals surface area contributed by atoms with E-state index in [4.69, 9.17) is 18.0 Å². The molecule has 2 atom stereocenters. The van der Waals surface area contributed by atoms with Gasteiger partial charge in [-0.3, -0.25) is 0 Å². The predicted molar refractivity (Wildman–Crippen MR) is 57.5 cm³/mol. The van der Waals surface area contributed by atoms with E-state index >= 15 is 0 Å². The van der Waals surface area contributed by atoms with Crippen LogP contribution >= 0.6 is 0 Å². The van der Waals surface area contributed by atoms with Crippen molar-refractivity contribution in [3.63, 3.8) is 0 Å². The van der Waals surface area contributed by atoms with E-state index in [0.29, 0.717) is 0 Å². The molecule has 0 aromatic heterocycles. The monoisotopic (exact) mass is 294 g/mol. The minimum absolute atomic E-state index is 0.208. The average Bonchev–Trinajstić information content (AvgIpc) is 2.28. The Bertz CT molecular complexity index is 227. The molecule has 0 heterocycles. The van der Waals surface area contributed by atoms with Gasteiger partial charge in [0.2, 0.25) is 6.36 Å². The predicted octanol–water partition coefficient (Wildman–Crippen LogP) is 2.45. The van der Waals surface area contributed by atoms with Crippen LogP contribution in [0.1, 0.15) is 19.8 Å². The lowest BCUT2D eigenvalue weighted by Gasteiger charge is -2.32. The molecule has 2 unspecified atom stereocenters. The van der Waals surface area contributed by atoms with Crippen molar-refractivity contribution < 1.29 is 35.6 Å². The fourth-order valence-corrected chi connectivity index (χ4v) is 3.59. The molecule has 0 radical (unpaired) electrons. The third-order valence-corrected chi connectivity index (χ3v) is 5.36. The Morgan fingerprint density at radius 2 is 1.50 bits per heavy atom. The number of hydrogen-bond donors (Lipinski definition) is 0. The van der Waals surface area contributed by atoms with Crippen molar-refractivity contribution in [3.05, 3.63) is 0 Å². The Kier molecular flexibility index (Phi) is 7.30. The van der Waals surface area contributed by atoms with Crippen LogP contribution in [0, 0.1) is 0 Å². The molecule has 0 aliphatic carbocycles. The van der Waals surface area contributed by atoms with E-state index in [-0.39, 0.29) is 6.42 Å². The largest absolute Gasteiger partial charge is 0.530 e. The normalized spacial score (nSPS) is 16.7. The zero-order chi connectivity index (χ0) is 14.4. The third-order valence-electron chi connectivity index (χ3n) is 2.32. The Labute approximate surface area is 105 Å². The van der Waals surface area contributed by atoms with Gasteiger partial charge < -0.3 is 18.0 Å². The highest BCUT2D eigenvalue weighted by Crippen LogP contribution is 2.27. The van der Waals surface area contributed by atoms with Gasteiger partial charge in [0.1, 0.15) is 5.73 Å². The van der Waals surface area contributed by atoms with Crippen molar-refractivity contribution in [2.45, 2.75) is 38.0 Å². The van der Waals surface area contributed by atoms with E-state index in [2.05, 4.69) is 0 Å². The molecule has 0 saturated carbocycles. The van der Waals surface area contributed by atoms with Gasteiger partial charge in [-0.25, -0.2) is 4.39 Å². The fourth-order valence-electron chi connectivity index (χ4n) is 1.48. The summed E-state index contributed by atoms with van der Waals surface area (Å²) in [5, 5.41) is 0. The quantitative estimate of drug-likeness (QED) is 0.509. The Morgan fingerprint density at radius 1 is 1.06 bits per heavy atom. The number of rotatable bonds is 8. The van der Waals surface area contributed by atoms with Crippen LogP contribution in [0.25, 0.3) is 0 Å². The van der Waals surface area contributed by atoms with E-state index in [1.807, 2.05) is 0 Å². The summed E-state index contributed by atoms with van der Waals surface area (Å²) in [6, 6.07) is 0. The first-order valence-corrected chi connectivity index (χ1v) is 7.06. The maximum atomic E-state index is 13.2. The maximum absolute atomic E-state index is 13.2. The van der Waals surface area contributed by atoms with E-state index in [1.165, 1.54) is 21.3 Å². The first-order valence-electron chi connectivity index (χ1n) is 5.26. The number of hydrogen-bond acceptors (Lipinski definition) is 4. The van der Waals surface area contributed by atoms with Gasteiger partial charge >= 0.3 is 15.0 Å². The lowest BCUT2D eigenvalue weighted by molar-refractivity contribution is -0.192. The van der Waals surface area contributed by atoms with Crippen molar-refractivity contribution in [1.29, 1.82) is 0 Å². The maximum Gasteiger partial charge on any atom is 0.530 e. The summed E-state index contributed by atoms with van der Waals surface area (Å²) >= 11 is 0. The minimum atomic E-state index is -4.63.